The number of carbonyl (C=O) groups is 2. The molecule has 0 aromatic carbocycles. The molecule has 22 heavy (non-hydrogen) atoms. The summed E-state index contributed by atoms with van der Waals surface area (Å²) in [5.41, 5.74) is -4.16. The quantitative estimate of drug-likeness (QED) is 0.742. The van der Waals surface area contributed by atoms with E-state index in [-0.39, 0.29) is 0 Å². The van der Waals surface area contributed by atoms with Crippen LogP contribution in [0.1, 0.15) is 27.7 Å². The number of amides is 1. The molecule has 1 aliphatic rings. The van der Waals surface area contributed by atoms with Gasteiger partial charge in [0.15, 0.2) is 5.60 Å². The SMILES string of the molecule is COC(=O)[C@H]1[C@H](C)C(O)(C(F)(F)F)CN1C(=O)OC(C)(C)C. The van der Waals surface area contributed by atoms with Gasteiger partial charge in [-0.25, -0.2) is 9.59 Å². The second-order valence-electron chi connectivity index (χ2n) is 6.29. The molecular formula is C13H20F3NO5. The highest BCUT2D eigenvalue weighted by atomic mass is 19.4. The van der Waals surface area contributed by atoms with Crippen molar-refractivity contribution >= 4 is 12.1 Å². The molecule has 128 valence electrons. The predicted molar refractivity (Wildman–Crippen MR) is 68.9 cm³/mol. The van der Waals surface area contributed by atoms with Gasteiger partial charge in [0, 0.05) is 5.92 Å². The van der Waals surface area contributed by atoms with Gasteiger partial charge in [0.1, 0.15) is 11.6 Å². The number of β-amino-alcohol motifs (C(OH)–C–C–N with tert-alkyl or cyclic N) is 1. The van der Waals surface area contributed by atoms with Crippen molar-refractivity contribution in [3.8, 4) is 0 Å². The predicted octanol–water partition coefficient (Wildman–Crippen LogP) is 1.71. The zero-order valence-corrected chi connectivity index (χ0v) is 13.0. The van der Waals surface area contributed by atoms with Gasteiger partial charge in [-0.15, -0.1) is 0 Å². The Morgan fingerprint density at radius 3 is 2.14 bits per heavy atom. The van der Waals surface area contributed by atoms with E-state index in [0.717, 1.165) is 14.0 Å². The molecule has 0 spiro atoms. The minimum atomic E-state index is -5.00. The number of hydrogen-bond donors (Lipinski definition) is 1. The van der Waals surface area contributed by atoms with Crippen LogP contribution in [-0.2, 0) is 14.3 Å². The van der Waals surface area contributed by atoms with E-state index in [1.165, 1.54) is 20.8 Å². The summed E-state index contributed by atoms with van der Waals surface area (Å²) >= 11 is 0. The number of halogens is 3. The normalized spacial score (nSPS) is 29.4. The number of likely N-dealkylation sites (tertiary alicyclic amines) is 1. The summed E-state index contributed by atoms with van der Waals surface area (Å²) in [5.74, 6) is -2.63. The summed E-state index contributed by atoms with van der Waals surface area (Å²) in [6, 6.07) is -1.58. The molecule has 9 heteroatoms. The third kappa shape index (κ3) is 3.29. The van der Waals surface area contributed by atoms with Gasteiger partial charge in [-0.05, 0) is 20.8 Å². The molecule has 0 saturated carbocycles. The first-order chi connectivity index (χ1) is 9.74. The van der Waals surface area contributed by atoms with Crippen LogP contribution in [0, 0.1) is 5.92 Å². The molecule has 0 aromatic heterocycles. The molecule has 1 saturated heterocycles. The molecule has 1 aliphatic heterocycles. The maximum Gasteiger partial charge on any atom is 0.419 e. The van der Waals surface area contributed by atoms with E-state index in [4.69, 9.17) is 4.74 Å². The molecule has 1 heterocycles. The minimum absolute atomic E-state index is 0.565. The van der Waals surface area contributed by atoms with E-state index in [1.54, 1.807) is 0 Å². The number of carbonyl (C=O) groups excluding carboxylic acids is 2. The van der Waals surface area contributed by atoms with Crippen LogP contribution in [0.5, 0.6) is 0 Å². The van der Waals surface area contributed by atoms with Crippen LogP contribution in [0.3, 0.4) is 0 Å². The molecule has 0 radical (unpaired) electrons. The van der Waals surface area contributed by atoms with Crippen LogP contribution < -0.4 is 0 Å². The first-order valence-electron chi connectivity index (χ1n) is 6.61. The highest BCUT2D eigenvalue weighted by Crippen LogP contribution is 2.45. The lowest BCUT2D eigenvalue weighted by molar-refractivity contribution is -0.266. The Kier molecular flexibility index (Phi) is 4.72. The Morgan fingerprint density at radius 2 is 1.77 bits per heavy atom. The molecule has 0 aromatic rings. The minimum Gasteiger partial charge on any atom is -0.467 e. The zero-order valence-electron chi connectivity index (χ0n) is 13.0. The van der Waals surface area contributed by atoms with Crippen LogP contribution in [0.4, 0.5) is 18.0 Å². The molecule has 3 atom stereocenters. The largest absolute Gasteiger partial charge is 0.467 e. The molecular weight excluding hydrogens is 307 g/mol. The van der Waals surface area contributed by atoms with Crippen LogP contribution in [0.2, 0.25) is 0 Å². The molecule has 1 unspecified atom stereocenters. The Balaban J connectivity index is 3.19. The van der Waals surface area contributed by atoms with Crippen molar-refractivity contribution < 1.29 is 37.3 Å². The molecule has 1 fully saturated rings. The second kappa shape index (κ2) is 5.60. The topological polar surface area (TPSA) is 76.1 Å². The molecule has 1 amide bonds. The van der Waals surface area contributed by atoms with Crippen molar-refractivity contribution in [2.24, 2.45) is 5.92 Å². The molecule has 1 N–H and O–H groups in total. The Morgan fingerprint density at radius 1 is 1.27 bits per heavy atom. The fourth-order valence-corrected chi connectivity index (χ4v) is 2.33. The number of methoxy groups -OCH3 is 1. The number of aliphatic hydroxyl groups is 1. The summed E-state index contributed by atoms with van der Waals surface area (Å²) in [4.78, 5) is 24.4. The summed E-state index contributed by atoms with van der Waals surface area (Å²) < 4.78 is 48.8. The Bertz CT molecular complexity index is 460. The average Bonchev–Trinajstić information content (AvgIpc) is 2.60. The first-order valence-corrected chi connectivity index (χ1v) is 6.61. The average molecular weight is 327 g/mol. The van der Waals surface area contributed by atoms with Gasteiger partial charge >= 0.3 is 18.2 Å². The van der Waals surface area contributed by atoms with Gasteiger partial charge in [-0.3, -0.25) is 4.90 Å². The smallest absolute Gasteiger partial charge is 0.419 e. The summed E-state index contributed by atoms with van der Waals surface area (Å²) in [6.45, 7) is 4.56. The van der Waals surface area contributed by atoms with Crippen molar-refractivity contribution in [3.63, 3.8) is 0 Å². The van der Waals surface area contributed by atoms with Gasteiger partial charge in [-0.2, -0.15) is 13.2 Å². The lowest BCUT2D eigenvalue weighted by atomic mass is 9.87. The van der Waals surface area contributed by atoms with Gasteiger partial charge in [0.25, 0.3) is 0 Å². The molecule has 6 nitrogen and oxygen atoms in total. The van der Waals surface area contributed by atoms with Crippen LogP contribution in [0.15, 0.2) is 0 Å². The summed E-state index contributed by atoms with van der Waals surface area (Å²) in [5, 5.41) is 9.95. The highest BCUT2D eigenvalue weighted by Gasteiger charge is 2.67. The van der Waals surface area contributed by atoms with Gasteiger partial charge in [0.2, 0.25) is 0 Å². The zero-order chi connectivity index (χ0) is 17.5. The molecule has 0 bridgehead atoms. The summed E-state index contributed by atoms with van der Waals surface area (Å²) in [6.07, 6.45) is -6.12. The third-order valence-electron chi connectivity index (χ3n) is 3.54. The van der Waals surface area contributed by atoms with E-state index in [1.807, 2.05) is 0 Å². The molecule has 0 aliphatic carbocycles. The second-order valence-corrected chi connectivity index (χ2v) is 6.29. The van der Waals surface area contributed by atoms with Crippen LogP contribution in [-0.4, -0.2) is 59.1 Å². The van der Waals surface area contributed by atoms with Gasteiger partial charge in [0.05, 0.1) is 13.7 Å². The maximum absolute atomic E-state index is 13.1. The van der Waals surface area contributed by atoms with Crippen molar-refractivity contribution in [2.75, 3.05) is 13.7 Å². The Labute approximate surface area is 126 Å². The first kappa shape index (κ1) is 18.5. The summed E-state index contributed by atoms with van der Waals surface area (Å²) in [7, 11) is 0.993. The van der Waals surface area contributed by atoms with E-state index in [2.05, 4.69) is 4.74 Å². The van der Waals surface area contributed by atoms with Crippen molar-refractivity contribution in [2.45, 2.75) is 51.1 Å². The van der Waals surface area contributed by atoms with E-state index in [9.17, 15) is 27.9 Å². The lowest BCUT2D eigenvalue weighted by Crippen LogP contribution is -2.52. The standard InChI is InChI=1S/C13H20F3NO5/c1-7-8(9(18)21-5)17(10(19)22-11(2,3)4)6-12(7,20)13(14,15)16/h7-8,20H,6H2,1-5H3/t7-,8+,12?/m0/s1. The van der Waals surface area contributed by atoms with E-state index >= 15 is 0 Å². The number of esters is 1. The Hall–Kier alpha value is -1.51. The monoisotopic (exact) mass is 327 g/mol. The van der Waals surface area contributed by atoms with E-state index < -0.39 is 47.9 Å². The highest BCUT2D eigenvalue weighted by molar-refractivity contribution is 5.83. The number of ether oxygens (including phenoxy) is 2. The lowest BCUT2D eigenvalue weighted by Gasteiger charge is -2.29. The number of nitrogens with zero attached hydrogens (tertiary/aromatic N) is 1. The van der Waals surface area contributed by atoms with Crippen molar-refractivity contribution in [1.82, 2.24) is 4.90 Å². The maximum atomic E-state index is 13.1. The van der Waals surface area contributed by atoms with Gasteiger partial charge < -0.3 is 14.6 Å². The van der Waals surface area contributed by atoms with Crippen molar-refractivity contribution in [3.05, 3.63) is 0 Å². The fraction of sp³-hybridized carbons (Fsp3) is 0.846. The number of rotatable bonds is 1. The van der Waals surface area contributed by atoms with Gasteiger partial charge in [-0.1, -0.05) is 6.92 Å². The third-order valence-corrected chi connectivity index (χ3v) is 3.54. The fourth-order valence-electron chi connectivity index (χ4n) is 2.33. The van der Waals surface area contributed by atoms with Crippen LogP contribution >= 0.6 is 0 Å². The molecule has 1 rings (SSSR count). The number of alkyl halides is 3. The van der Waals surface area contributed by atoms with E-state index in [0.29, 0.717) is 4.90 Å². The van der Waals surface area contributed by atoms with Crippen LogP contribution in [0.25, 0.3) is 0 Å². The number of hydrogen-bond acceptors (Lipinski definition) is 5. The van der Waals surface area contributed by atoms with Crippen molar-refractivity contribution in [1.29, 1.82) is 0 Å².